The van der Waals surface area contributed by atoms with Gasteiger partial charge < -0.3 is 14.6 Å². The molecule has 0 aromatic carbocycles. The highest BCUT2D eigenvalue weighted by molar-refractivity contribution is 5.99. The maximum atomic E-state index is 12.2. The molecule has 1 saturated heterocycles. The van der Waals surface area contributed by atoms with Crippen LogP contribution in [0.25, 0.3) is 0 Å². The van der Waals surface area contributed by atoms with Gasteiger partial charge in [0.05, 0.1) is 17.8 Å². The first-order valence-electron chi connectivity index (χ1n) is 7.05. The van der Waals surface area contributed by atoms with Crippen molar-refractivity contribution in [2.45, 2.75) is 20.8 Å². The minimum atomic E-state index is -0.689. The Labute approximate surface area is 122 Å². The van der Waals surface area contributed by atoms with Crippen LogP contribution in [0.15, 0.2) is 11.6 Å². The van der Waals surface area contributed by atoms with Crippen LogP contribution in [0.3, 0.4) is 0 Å². The molecule has 2 bridgehead atoms. The number of aliphatic hydroxyl groups excluding tert-OH is 1. The lowest BCUT2D eigenvalue weighted by molar-refractivity contribution is -0.172. The van der Waals surface area contributed by atoms with E-state index < -0.39 is 53.8 Å². The molecule has 0 aromatic rings. The van der Waals surface area contributed by atoms with E-state index >= 15 is 0 Å². The molecular weight excluding hydrogens is 276 g/mol. The van der Waals surface area contributed by atoms with Gasteiger partial charge in [0.2, 0.25) is 0 Å². The van der Waals surface area contributed by atoms with E-state index in [1.807, 2.05) is 26.8 Å². The normalized spacial score (nSPS) is 44.2. The first kappa shape index (κ1) is 14.3. The van der Waals surface area contributed by atoms with Gasteiger partial charge in [0.15, 0.2) is 6.79 Å². The number of esters is 3. The molecule has 2 fully saturated rings. The smallest absolute Gasteiger partial charge is 0.318 e. The van der Waals surface area contributed by atoms with Crippen molar-refractivity contribution in [2.75, 3.05) is 6.79 Å². The fraction of sp³-hybridized carbons (Fsp3) is 0.667. The van der Waals surface area contributed by atoms with Gasteiger partial charge in [0, 0.05) is 11.3 Å². The molecule has 114 valence electrons. The van der Waals surface area contributed by atoms with Crippen molar-refractivity contribution < 1.29 is 29.0 Å². The summed E-state index contributed by atoms with van der Waals surface area (Å²) >= 11 is 0. The van der Waals surface area contributed by atoms with Crippen molar-refractivity contribution in [1.82, 2.24) is 0 Å². The number of allylic oxidation sites excluding steroid dienone is 2. The highest BCUT2D eigenvalue weighted by Crippen LogP contribution is 2.62. The molecule has 0 amide bonds. The van der Waals surface area contributed by atoms with Gasteiger partial charge in [-0.25, -0.2) is 0 Å². The van der Waals surface area contributed by atoms with Gasteiger partial charge in [-0.15, -0.1) is 0 Å². The Hall–Kier alpha value is -1.69. The maximum absolute atomic E-state index is 12.2. The molecule has 1 aliphatic heterocycles. The molecular formula is C15H18O6. The number of hydrogen-bond donors (Lipinski definition) is 1. The Morgan fingerprint density at radius 1 is 1.38 bits per heavy atom. The molecule has 4 rings (SSSR count). The van der Waals surface area contributed by atoms with E-state index in [4.69, 9.17) is 14.6 Å². The fourth-order valence-electron chi connectivity index (χ4n) is 4.60. The summed E-state index contributed by atoms with van der Waals surface area (Å²) in [6.07, 6.45) is 1.99. The predicted octanol–water partition coefficient (Wildman–Crippen LogP) is 0.643. The fourth-order valence-corrected chi connectivity index (χ4v) is 4.60. The van der Waals surface area contributed by atoms with E-state index in [0.29, 0.717) is 0 Å². The number of ether oxygens (including phenoxy) is 2. The summed E-state index contributed by atoms with van der Waals surface area (Å²) in [4.78, 5) is 36.3. The molecule has 1 heterocycles. The number of aliphatic hydroxyl groups is 1. The van der Waals surface area contributed by atoms with Crippen LogP contribution in [0, 0.1) is 35.0 Å². The van der Waals surface area contributed by atoms with Crippen molar-refractivity contribution in [1.29, 1.82) is 0 Å². The zero-order valence-electron chi connectivity index (χ0n) is 12.2. The van der Waals surface area contributed by atoms with Crippen LogP contribution in [0.1, 0.15) is 20.8 Å². The third kappa shape index (κ3) is 1.65. The highest BCUT2D eigenvalue weighted by Gasteiger charge is 2.68. The van der Waals surface area contributed by atoms with Crippen molar-refractivity contribution in [3.8, 4) is 0 Å². The summed E-state index contributed by atoms with van der Waals surface area (Å²) in [6.45, 7) is 4.94. The third-order valence-electron chi connectivity index (χ3n) is 5.59. The van der Waals surface area contributed by atoms with Crippen molar-refractivity contribution in [3.63, 3.8) is 0 Å². The Balaban J connectivity index is 2.11. The molecule has 6 heteroatoms. The van der Waals surface area contributed by atoms with Crippen molar-refractivity contribution in [3.05, 3.63) is 11.6 Å². The summed E-state index contributed by atoms with van der Waals surface area (Å²) in [5.74, 6) is -3.86. The Kier molecular flexibility index (Phi) is 2.99. The zero-order valence-corrected chi connectivity index (χ0v) is 12.2. The molecule has 6 atom stereocenters. The topological polar surface area (TPSA) is 89.9 Å². The van der Waals surface area contributed by atoms with Gasteiger partial charge >= 0.3 is 17.9 Å². The minimum Gasteiger partial charge on any atom is -0.438 e. The van der Waals surface area contributed by atoms with Crippen molar-refractivity contribution >= 4 is 17.9 Å². The second-order valence-corrected chi connectivity index (χ2v) is 6.43. The molecule has 1 saturated carbocycles. The lowest BCUT2D eigenvalue weighted by Crippen LogP contribution is -2.58. The van der Waals surface area contributed by atoms with Crippen LogP contribution < -0.4 is 0 Å². The predicted molar refractivity (Wildman–Crippen MR) is 69.3 cm³/mol. The standard InChI is InChI=1S/C15H18O6/c1-6-4-15(3)7(2)9(12(17)20-5-16)8(6)10-11(15)14(19)21-13(10)18/h4,7-11,16H,5H2,1-3H3. The summed E-state index contributed by atoms with van der Waals surface area (Å²) < 4.78 is 9.59. The summed E-state index contributed by atoms with van der Waals surface area (Å²) in [7, 11) is 0. The van der Waals surface area contributed by atoms with Crippen LogP contribution in [0.5, 0.6) is 0 Å². The minimum absolute atomic E-state index is 0.176. The molecule has 0 radical (unpaired) electrons. The quantitative estimate of drug-likeness (QED) is 0.348. The summed E-state index contributed by atoms with van der Waals surface area (Å²) in [5.41, 5.74) is 0.287. The summed E-state index contributed by atoms with van der Waals surface area (Å²) in [5, 5.41) is 8.83. The number of cyclic esters (lactones) is 2. The van der Waals surface area contributed by atoms with E-state index in [0.717, 1.165) is 5.57 Å². The number of hydrogen-bond acceptors (Lipinski definition) is 6. The third-order valence-corrected chi connectivity index (χ3v) is 5.59. The molecule has 4 aliphatic rings. The van der Waals surface area contributed by atoms with Crippen LogP contribution >= 0.6 is 0 Å². The van der Waals surface area contributed by atoms with E-state index in [2.05, 4.69) is 0 Å². The molecule has 1 N–H and O–H groups in total. The molecule has 0 aromatic heterocycles. The average molecular weight is 294 g/mol. The molecule has 0 spiro atoms. The van der Waals surface area contributed by atoms with Gasteiger partial charge in [-0.3, -0.25) is 14.4 Å². The van der Waals surface area contributed by atoms with Gasteiger partial charge in [-0.2, -0.15) is 0 Å². The first-order chi connectivity index (χ1) is 9.82. The van der Waals surface area contributed by atoms with Crippen LogP contribution in [0.2, 0.25) is 0 Å². The maximum Gasteiger partial charge on any atom is 0.318 e. The molecule has 21 heavy (non-hydrogen) atoms. The lowest BCUT2D eigenvalue weighted by Gasteiger charge is -2.55. The largest absolute Gasteiger partial charge is 0.438 e. The van der Waals surface area contributed by atoms with E-state index in [9.17, 15) is 14.4 Å². The van der Waals surface area contributed by atoms with Crippen molar-refractivity contribution in [2.24, 2.45) is 35.0 Å². The van der Waals surface area contributed by atoms with Crippen LogP contribution in [0.4, 0.5) is 0 Å². The molecule has 3 aliphatic carbocycles. The second kappa shape index (κ2) is 4.40. The van der Waals surface area contributed by atoms with E-state index in [1.54, 1.807) is 0 Å². The SMILES string of the molecule is CC1=CC2(C)C(C)C(C(=O)OCO)C1C1C(=O)OC(=O)C12. The zero-order chi connectivity index (χ0) is 15.5. The highest BCUT2D eigenvalue weighted by atomic mass is 16.6. The lowest BCUT2D eigenvalue weighted by atomic mass is 9.45. The van der Waals surface area contributed by atoms with E-state index in [-0.39, 0.29) is 5.92 Å². The van der Waals surface area contributed by atoms with Gasteiger partial charge in [-0.05, 0) is 12.8 Å². The first-order valence-corrected chi connectivity index (χ1v) is 7.05. The average Bonchev–Trinajstić information content (AvgIpc) is 2.69. The number of carbonyl (C=O) groups is 3. The summed E-state index contributed by atoms with van der Waals surface area (Å²) in [6, 6.07) is 0. The Bertz CT molecular complexity index is 565. The molecule has 6 nitrogen and oxygen atoms in total. The number of fused-ring (bicyclic) bond motifs is 1. The van der Waals surface area contributed by atoms with Gasteiger partial charge in [0.1, 0.15) is 0 Å². The number of carbonyl (C=O) groups excluding carboxylic acids is 3. The molecule has 6 unspecified atom stereocenters. The number of rotatable bonds is 2. The van der Waals surface area contributed by atoms with Gasteiger partial charge in [-0.1, -0.05) is 25.5 Å². The second-order valence-electron chi connectivity index (χ2n) is 6.43. The van der Waals surface area contributed by atoms with Crippen LogP contribution in [-0.2, 0) is 23.9 Å². The van der Waals surface area contributed by atoms with Crippen LogP contribution in [-0.4, -0.2) is 29.8 Å². The Morgan fingerprint density at radius 2 is 2.05 bits per heavy atom. The van der Waals surface area contributed by atoms with Gasteiger partial charge in [0.25, 0.3) is 0 Å². The monoisotopic (exact) mass is 294 g/mol. The van der Waals surface area contributed by atoms with E-state index in [1.165, 1.54) is 0 Å². The Morgan fingerprint density at radius 3 is 2.67 bits per heavy atom.